The third kappa shape index (κ3) is 2.90. The van der Waals surface area contributed by atoms with Crippen LogP contribution in [-0.2, 0) is 0 Å². The quantitative estimate of drug-likeness (QED) is 0.428. The molecule has 0 atom stereocenters. The number of rotatable bonds is 3. The molecular weight excluding hydrogens is 359 g/mol. The molecule has 0 bridgehead atoms. The fraction of sp³-hybridized carbons (Fsp3) is 0.0588. The smallest absolute Gasteiger partial charge is 0.185 e. The minimum absolute atomic E-state index is 0.489. The summed E-state index contributed by atoms with van der Waals surface area (Å²) in [5, 5.41) is 19.8. The van der Waals surface area contributed by atoms with E-state index < -0.39 is 0 Å². The maximum atomic E-state index is 6.07. The lowest BCUT2D eigenvalue weighted by Crippen LogP contribution is -2.04. The molecule has 0 fully saturated rings. The van der Waals surface area contributed by atoms with E-state index in [2.05, 4.69) is 25.8 Å². The fourth-order valence-corrected chi connectivity index (χ4v) is 2.83. The normalized spacial score (nSPS) is 12.0. The molecular formula is C17H12Cl2N6. The van der Waals surface area contributed by atoms with E-state index in [1.165, 1.54) is 0 Å². The van der Waals surface area contributed by atoms with Gasteiger partial charge in [0.2, 0.25) is 0 Å². The molecule has 0 radical (unpaired) electrons. The van der Waals surface area contributed by atoms with Gasteiger partial charge in [-0.05, 0) is 24.6 Å². The maximum absolute atomic E-state index is 6.07. The number of hydrazone groups is 1. The second-order valence-corrected chi connectivity index (χ2v) is 6.25. The zero-order chi connectivity index (χ0) is 17.4. The van der Waals surface area contributed by atoms with E-state index in [1.54, 1.807) is 23.0 Å². The van der Waals surface area contributed by atoms with E-state index in [9.17, 15) is 0 Å². The van der Waals surface area contributed by atoms with Crippen LogP contribution in [0, 0.1) is 0 Å². The number of anilines is 1. The van der Waals surface area contributed by atoms with Crippen LogP contribution in [0.4, 0.5) is 5.82 Å². The standard InChI is InChI=1S/C17H12Cl2N6/c1-10(11-6-7-14(18)15(19)8-11)21-22-16-12-4-2-3-5-13(12)17-23-20-9-25(17)24-16/h2-9H,1H3,(H,22,24)/b21-10+. The van der Waals surface area contributed by atoms with Gasteiger partial charge in [0.15, 0.2) is 11.5 Å². The number of nitrogens with one attached hydrogen (secondary N) is 1. The third-order valence-electron chi connectivity index (χ3n) is 3.83. The SMILES string of the molecule is C/C(=N\Nc1nn2cnnc2c2ccccc12)c1ccc(Cl)c(Cl)c1. The lowest BCUT2D eigenvalue weighted by molar-refractivity contribution is 0.934. The van der Waals surface area contributed by atoms with Crippen molar-refractivity contribution in [1.82, 2.24) is 19.8 Å². The zero-order valence-electron chi connectivity index (χ0n) is 13.1. The van der Waals surface area contributed by atoms with E-state index in [4.69, 9.17) is 23.2 Å². The van der Waals surface area contributed by atoms with E-state index in [0.717, 1.165) is 22.0 Å². The number of aromatic nitrogens is 4. The molecule has 0 aliphatic carbocycles. The Morgan fingerprint density at radius 3 is 2.68 bits per heavy atom. The summed E-state index contributed by atoms with van der Waals surface area (Å²) in [6, 6.07) is 13.2. The number of hydrogen-bond donors (Lipinski definition) is 1. The summed E-state index contributed by atoms with van der Waals surface area (Å²) in [5.74, 6) is 0.613. The molecule has 0 saturated carbocycles. The molecule has 0 saturated heterocycles. The summed E-state index contributed by atoms with van der Waals surface area (Å²) >= 11 is 12.0. The molecule has 2 aromatic heterocycles. The first kappa shape index (κ1) is 15.8. The van der Waals surface area contributed by atoms with Gasteiger partial charge in [0.1, 0.15) is 6.33 Å². The fourth-order valence-electron chi connectivity index (χ4n) is 2.53. The van der Waals surface area contributed by atoms with Crippen LogP contribution in [-0.4, -0.2) is 25.5 Å². The van der Waals surface area contributed by atoms with Crippen molar-refractivity contribution < 1.29 is 0 Å². The van der Waals surface area contributed by atoms with Crippen LogP contribution in [0.15, 0.2) is 53.9 Å². The largest absolute Gasteiger partial charge is 0.259 e. The molecule has 0 amide bonds. The van der Waals surface area contributed by atoms with E-state index in [0.29, 0.717) is 21.5 Å². The molecule has 4 rings (SSSR count). The molecule has 0 aliphatic rings. The Hall–Kier alpha value is -2.70. The molecule has 0 unspecified atom stereocenters. The average molecular weight is 371 g/mol. The first-order valence-corrected chi connectivity index (χ1v) is 8.23. The van der Waals surface area contributed by atoms with Crippen molar-refractivity contribution in [1.29, 1.82) is 0 Å². The van der Waals surface area contributed by atoms with Gasteiger partial charge in [0, 0.05) is 10.8 Å². The van der Waals surface area contributed by atoms with Gasteiger partial charge in [0.25, 0.3) is 0 Å². The summed E-state index contributed by atoms with van der Waals surface area (Å²) < 4.78 is 1.62. The average Bonchev–Trinajstić information content (AvgIpc) is 3.10. The summed E-state index contributed by atoms with van der Waals surface area (Å²) in [7, 11) is 0. The highest BCUT2D eigenvalue weighted by atomic mass is 35.5. The summed E-state index contributed by atoms with van der Waals surface area (Å²) in [4.78, 5) is 0. The summed E-state index contributed by atoms with van der Waals surface area (Å²) in [6.07, 6.45) is 1.56. The second kappa shape index (κ2) is 6.31. The maximum Gasteiger partial charge on any atom is 0.185 e. The Balaban J connectivity index is 1.75. The Bertz CT molecular complexity index is 1120. The highest BCUT2D eigenvalue weighted by Gasteiger charge is 2.09. The van der Waals surface area contributed by atoms with E-state index in [1.807, 2.05) is 37.3 Å². The minimum Gasteiger partial charge on any atom is -0.259 e. The molecule has 0 aliphatic heterocycles. The molecule has 6 nitrogen and oxygen atoms in total. The van der Waals surface area contributed by atoms with Gasteiger partial charge in [0.05, 0.1) is 15.8 Å². The topological polar surface area (TPSA) is 67.5 Å². The van der Waals surface area contributed by atoms with Crippen LogP contribution in [0.25, 0.3) is 16.4 Å². The molecule has 2 heterocycles. The van der Waals surface area contributed by atoms with Gasteiger partial charge in [-0.2, -0.15) is 9.62 Å². The molecule has 124 valence electrons. The predicted octanol–water partition coefficient (Wildman–Crippen LogP) is 4.42. The molecule has 1 N–H and O–H groups in total. The number of hydrogen-bond acceptors (Lipinski definition) is 5. The third-order valence-corrected chi connectivity index (χ3v) is 4.57. The van der Waals surface area contributed by atoms with Crippen molar-refractivity contribution >= 4 is 51.2 Å². The van der Waals surface area contributed by atoms with Gasteiger partial charge in [-0.1, -0.05) is 53.5 Å². The molecule has 25 heavy (non-hydrogen) atoms. The van der Waals surface area contributed by atoms with Crippen molar-refractivity contribution in [2.45, 2.75) is 6.92 Å². The van der Waals surface area contributed by atoms with Crippen LogP contribution in [0.5, 0.6) is 0 Å². The monoisotopic (exact) mass is 370 g/mol. The number of benzene rings is 2. The van der Waals surface area contributed by atoms with Gasteiger partial charge < -0.3 is 0 Å². The van der Waals surface area contributed by atoms with Crippen LogP contribution in [0.2, 0.25) is 10.0 Å². The van der Waals surface area contributed by atoms with Crippen molar-refractivity contribution in [2.75, 3.05) is 5.43 Å². The van der Waals surface area contributed by atoms with Crippen LogP contribution < -0.4 is 5.43 Å². The molecule has 2 aromatic carbocycles. The number of nitrogens with zero attached hydrogens (tertiary/aromatic N) is 5. The predicted molar refractivity (Wildman–Crippen MR) is 101 cm³/mol. The molecule has 8 heteroatoms. The highest BCUT2D eigenvalue weighted by Crippen LogP contribution is 2.25. The Labute approximate surface area is 153 Å². The second-order valence-electron chi connectivity index (χ2n) is 5.43. The zero-order valence-corrected chi connectivity index (χ0v) is 14.6. The molecule has 4 aromatic rings. The Kier molecular flexibility index (Phi) is 3.99. The lowest BCUT2D eigenvalue weighted by Gasteiger charge is -2.08. The van der Waals surface area contributed by atoms with Gasteiger partial charge in [-0.25, -0.2) is 0 Å². The van der Waals surface area contributed by atoms with E-state index in [-0.39, 0.29) is 0 Å². The van der Waals surface area contributed by atoms with Crippen LogP contribution in [0.1, 0.15) is 12.5 Å². The van der Waals surface area contributed by atoms with E-state index >= 15 is 0 Å². The number of halogens is 2. The first-order valence-electron chi connectivity index (χ1n) is 7.48. The van der Waals surface area contributed by atoms with Gasteiger partial charge in [-0.15, -0.1) is 15.3 Å². The Morgan fingerprint density at radius 2 is 1.88 bits per heavy atom. The number of fused-ring (bicyclic) bond motifs is 3. The molecule has 0 spiro atoms. The van der Waals surface area contributed by atoms with Crippen molar-refractivity contribution in [3.05, 3.63) is 64.4 Å². The van der Waals surface area contributed by atoms with Gasteiger partial charge in [-0.3, -0.25) is 5.43 Å². The Morgan fingerprint density at radius 1 is 1.08 bits per heavy atom. The highest BCUT2D eigenvalue weighted by molar-refractivity contribution is 6.42. The lowest BCUT2D eigenvalue weighted by atomic mass is 10.1. The van der Waals surface area contributed by atoms with Crippen molar-refractivity contribution in [3.63, 3.8) is 0 Å². The minimum atomic E-state index is 0.489. The first-order chi connectivity index (χ1) is 12.1. The van der Waals surface area contributed by atoms with Gasteiger partial charge >= 0.3 is 0 Å². The van der Waals surface area contributed by atoms with Crippen molar-refractivity contribution in [2.24, 2.45) is 5.10 Å². The summed E-state index contributed by atoms with van der Waals surface area (Å²) in [6.45, 7) is 1.88. The van der Waals surface area contributed by atoms with Crippen LogP contribution >= 0.6 is 23.2 Å². The summed E-state index contributed by atoms with van der Waals surface area (Å²) in [5.41, 5.74) is 5.36. The van der Waals surface area contributed by atoms with Crippen molar-refractivity contribution in [3.8, 4) is 0 Å². The van der Waals surface area contributed by atoms with Crippen LogP contribution in [0.3, 0.4) is 0 Å².